The molecule has 0 aliphatic heterocycles. The molecule has 3 aromatic carbocycles. The highest BCUT2D eigenvalue weighted by Gasteiger charge is 2.23. The van der Waals surface area contributed by atoms with E-state index in [0.29, 0.717) is 29.8 Å². The average Bonchev–Trinajstić information content (AvgIpc) is 2.86. The molecule has 0 aliphatic carbocycles. The molecule has 0 saturated carbocycles. The van der Waals surface area contributed by atoms with Crippen LogP contribution in [0.3, 0.4) is 0 Å². The molecule has 35 heavy (non-hydrogen) atoms. The van der Waals surface area contributed by atoms with Gasteiger partial charge in [0, 0.05) is 17.7 Å². The largest absolute Gasteiger partial charge is 0.457 e. The minimum Gasteiger partial charge on any atom is -0.457 e. The van der Waals surface area contributed by atoms with Gasteiger partial charge >= 0.3 is 5.97 Å². The molecule has 3 aromatic rings. The number of carbonyl (C=O) groups is 3. The van der Waals surface area contributed by atoms with Crippen molar-refractivity contribution in [1.82, 2.24) is 0 Å². The molecule has 0 bridgehead atoms. The molecule has 1 amide bonds. The SMILES string of the molecule is CCCC(OC(=O)CCC(=O)Nc1ccc(Oc2ccc(C)c(C)c2)cc1)C(=O)c1ccccc1. The smallest absolute Gasteiger partial charge is 0.307 e. The van der Waals surface area contributed by atoms with Crippen LogP contribution in [0.25, 0.3) is 0 Å². The third kappa shape index (κ3) is 7.81. The fourth-order valence-corrected chi connectivity index (χ4v) is 3.47. The van der Waals surface area contributed by atoms with Crippen LogP contribution in [-0.2, 0) is 14.3 Å². The zero-order valence-corrected chi connectivity index (χ0v) is 20.4. The molecule has 3 rings (SSSR count). The Bertz CT molecular complexity index is 1160. The number of amides is 1. The summed E-state index contributed by atoms with van der Waals surface area (Å²) in [4.78, 5) is 37.3. The van der Waals surface area contributed by atoms with Gasteiger partial charge in [-0.05, 0) is 67.8 Å². The lowest BCUT2D eigenvalue weighted by molar-refractivity contribution is -0.148. The number of nitrogens with one attached hydrogen (secondary N) is 1. The van der Waals surface area contributed by atoms with E-state index in [1.807, 2.05) is 45.0 Å². The maximum Gasteiger partial charge on any atom is 0.307 e. The van der Waals surface area contributed by atoms with Crippen LogP contribution in [0.1, 0.15) is 54.1 Å². The van der Waals surface area contributed by atoms with Crippen LogP contribution in [-0.4, -0.2) is 23.8 Å². The molecule has 0 heterocycles. The van der Waals surface area contributed by atoms with E-state index in [1.54, 1.807) is 48.5 Å². The zero-order valence-electron chi connectivity index (χ0n) is 20.4. The van der Waals surface area contributed by atoms with Crippen LogP contribution in [0.15, 0.2) is 72.8 Å². The Morgan fingerprint density at radius 2 is 1.51 bits per heavy atom. The lowest BCUT2D eigenvalue weighted by atomic mass is 10.0. The number of esters is 1. The van der Waals surface area contributed by atoms with E-state index in [0.717, 1.165) is 11.3 Å². The standard InChI is InChI=1S/C29H31NO5/c1-4-8-26(29(33)22-9-6-5-7-10-22)35-28(32)18-17-27(31)30-23-12-15-24(16-13-23)34-25-14-11-20(2)21(3)19-25/h5-7,9-16,19,26H,4,8,17-18H2,1-3H3,(H,30,31). The predicted octanol–water partition coefficient (Wildman–Crippen LogP) is 6.41. The monoisotopic (exact) mass is 473 g/mol. The van der Waals surface area contributed by atoms with Crippen LogP contribution in [0, 0.1) is 13.8 Å². The van der Waals surface area contributed by atoms with Crippen LogP contribution in [0.5, 0.6) is 11.5 Å². The molecule has 0 spiro atoms. The second kappa shape index (κ2) is 12.5. The first-order valence-electron chi connectivity index (χ1n) is 11.8. The van der Waals surface area contributed by atoms with Gasteiger partial charge in [0.05, 0.1) is 6.42 Å². The Balaban J connectivity index is 1.47. The van der Waals surface area contributed by atoms with Gasteiger partial charge in [0.2, 0.25) is 11.7 Å². The Hall–Kier alpha value is -3.93. The zero-order chi connectivity index (χ0) is 25.2. The molecule has 6 heteroatoms. The highest BCUT2D eigenvalue weighted by molar-refractivity contribution is 6.00. The molecule has 0 aromatic heterocycles. The summed E-state index contributed by atoms with van der Waals surface area (Å²) in [5.74, 6) is 0.287. The summed E-state index contributed by atoms with van der Waals surface area (Å²) in [5, 5.41) is 2.76. The third-order valence-corrected chi connectivity index (χ3v) is 5.58. The molecule has 0 aliphatic rings. The Morgan fingerprint density at radius 1 is 0.829 bits per heavy atom. The summed E-state index contributed by atoms with van der Waals surface area (Å²) in [6.45, 7) is 6.00. The Morgan fingerprint density at radius 3 is 2.17 bits per heavy atom. The van der Waals surface area contributed by atoms with E-state index in [4.69, 9.17) is 9.47 Å². The summed E-state index contributed by atoms with van der Waals surface area (Å²) in [5.41, 5.74) is 3.44. The lowest BCUT2D eigenvalue weighted by Gasteiger charge is -2.16. The van der Waals surface area contributed by atoms with E-state index >= 15 is 0 Å². The Labute approximate surface area is 206 Å². The van der Waals surface area contributed by atoms with Gasteiger partial charge in [-0.1, -0.05) is 49.7 Å². The molecule has 0 fully saturated rings. The molecule has 6 nitrogen and oxygen atoms in total. The molecule has 1 unspecified atom stereocenters. The maximum absolute atomic E-state index is 12.7. The van der Waals surface area contributed by atoms with Gasteiger partial charge in [-0.25, -0.2) is 0 Å². The quantitative estimate of drug-likeness (QED) is 0.257. The van der Waals surface area contributed by atoms with E-state index in [-0.39, 0.29) is 24.5 Å². The number of rotatable bonds is 11. The minimum absolute atomic E-state index is 0.0436. The fourth-order valence-electron chi connectivity index (χ4n) is 3.47. The van der Waals surface area contributed by atoms with E-state index in [2.05, 4.69) is 5.32 Å². The highest BCUT2D eigenvalue weighted by atomic mass is 16.5. The minimum atomic E-state index is -0.845. The number of Topliss-reactive ketones (excluding diaryl/α,β-unsaturated/α-hetero) is 1. The molecule has 1 atom stereocenters. The topological polar surface area (TPSA) is 81.7 Å². The van der Waals surface area contributed by atoms with Crippen molar-refractivity contribution in [2.45, 2.75) is 52.6 Å². The number of anilines is 1. The number of benzene rings is 3. The molecule has 182 valence electrons. The average molecular weight is 474 g/mol. The van der Waals surface area contributed by atoms with E-state index in [9.17, 15) is 14.4 Å². The first-order valence-corrected chi connectivity index (χ1v) is 11.8. The highest BCUT2D eigenvalue weighted by Crippen LogP contribution is 2.25. The van der Waals surface area contributed by atoms with Crippen molar-refractivity contribution >= 4 is 23.3 Å². The van der Waals surface area contributed by atoms with Gasteiger partial charge < -0.3 is 14.8 Å². The summed E-state index contributed by atoms with van der Waals surface area (Å²) < 4.78 is 11.3. The maximum atomic E-state index is 12.7. The van der Waals surface area contributed by atoms with Gasteiger partial charge in [-0.3, -0.25) is 14.4 Å². The normalized spacial score (nSPS) is 11.4. The van der Waals surface area contributed by atoms with Gasteiger partial charge in [-0.2, -0.15) is 0 Å². The summed E-state index contributed by atoms with van der Waals surface area (Å²) in [6, 6.07) is 21.7. The van der Waals surface area contributed by atoms with Crippen LogP contribution >= 0.6 is 0 Å². The summed E-state index contributed by atoms with van der Waals surface area (Å²) in [7, 11) is 0. The van der Waals surface area contributed by atoms with Crippen molar-refractivity contribution in [2.75, 3.05) is 5.32 Å². The first kappa shape index (κ1) is 25.7. The summed E-state index contributed by atoms with van der Waals surface area (Å²) >= 11 is 0. The van der Waals surface area contributed by atoms with Crippen LogP contribution < -0.4 is 10.1 Å². The van der Waals surface area contributed by atoms with Gasteiger partial charge in [0.1, 0.15) is 11.5 Å². The van der Waals surface area contributed by atoms with Crippen LogP contribution in [0.2, 0.25) is 0 Å². The van der Waals surface area contributed by atoms with Crippen molar-refractivity contribution in [1.29, 1.82) is 0 Å². The summed E-state index contributed by atoms with van der Waals surface area (Å²) in [6.07, 6.45) is 0.130. The number of carbonyl (C=O) groups excluding carboxylic acids is 3. The number of hydrogen-bond acceptors (Lipinski definition) is 5. The van der Waals surface area contributed by atoms with Crippen LogP contribution in [0.4, 0.5) is 5.69 Å². The van der Waals surface area contributed by atoms with Crippen molar-refractivity contribution in [3.8, 4) is 11.5 Å². The predicted molar refractivity (Wildman–Crippen MR) is 136 cm³/mol. The molecule has 0 radical (unpaired) electrons. The van der Waals surface area contributed by atoms with E-state index in [1.165, 1.54) is 5.56 Å². The number of ether oxygens (including phenoxy) is 2. The molecular weight excluding hydrogens is 442 g/mol. The van der Waals surface area contributed by atoms with Crippen molar-refractivity contribution < 1.29 is 23.9 Å². The second-order valence-electron chi connectivity index (χ2n) is 8.42. The third-order valence-electron chi connectivity index (χ3n) is 5.58. The van der Waals surface area contributed by atoms with Crippen molar-refractivity contribution in [3.63, 3.8) is 0 Å². The molecular formula is C29H31NO5. The molecule has 1 N–H and O–H groups in total. The van der Waals surface area contributed by atoms with Crippen molar-refractivity contribution in [3.05, 3.63) is 89.5 Å². The first-order chi connectivity index (χ1) is 16.9. The van der Waals surface area contributed by atoms with Crippen molar-refractivity contribution in [2.24, 2.45) is 0 Å². The number of ketones is 1. The lowest BCUT2D eigenvalue weighted by Crippen LogP contribution is -2.28. The second-order valence-corrected chi connectivity index (χ2v) is 8.42. The van der Waals surface area contributed by atoms with Gasteiger partial charge in [-0.15, -0.1) is 0 Å². The van der Waals surface area contributed by atoms with Gasteiger partial charge in [0.15, 0.2) is 6.10 Å². The molecule has 0 saturated heterocycles. The number of aryl methyl sites for hydroxylation is 2. The van der Waals surface area contributed by atoms with E-state index < -0.39 is 12.1 Å². The van der Waals surface area contributed by atoms with Gasteiger partial charge in [0.25, 0.3) is 0 Å². The fraction of sp³-hybridized carbons (Fsp3) is 0.276. The number of hydrogen-bond donors (Lipinski definition) is 1. The Kier molecular flexibility index (Phi) is 9.18.